The summed E-state index contributed by atoms with van der Waals surface area (Å²) < 4.78 is 29.5. The van der Waals surface area contributed by atoms with Crippen LogP contribution in [0.1, 0.15) is 5.56 Å². The zero-order valence-electron chi connectivity index (χ0n) is 11.1. The lowest BCUT2D eigenvalue weighted by Gasteiger charge is -2.19. The van der Waals surface area contributed by atoms with Crippen LogP contribution in [-0.2, 0) is 11.3 Å². The highest BCUT2D eigenvalue weighted by Crippen LogP contribution is 2.23. The molecule has 0 aromatic heterocycles. The van der Waals surface area contributed by atoms with Crippen LogP contribution >= 0.6 is 11.6 Å². The summed E-state index contributed by atoms with van der Waals surface area (Å²) in [5, 5.41) is 3.75. The number of nitrogens with one attached hydrogen (secondary N) is 1. The van der Waals surface area contributed by atoms with Gasteiger partial charge in [-0.05, 0) is 17.7 Å². The second-order valence-electron chi connectivity index (χ2n) is 4.22. The Hall–Kier alpha value is -0.910. The van der Waals surface area contributed by atoms with Crippen molar-refractivity contribution in [1.29, 1.82) is 0 Å². The van der Waals surface area contributed by atoms with Gasteiger partial charge in [0.05, 0.1) is 13.2 Å². The topological polar surface area (TPSA) is 24.5 Å². The first-order chi connectivity index (χ1) is 9.04. The van der Waals surface area contributed by atoms with Crippen LogP contribution in [-0.4, -0.2) is 40.3 Å². The summed E-state index contributed by atoms with van der Waals surface area (Å²) in [6.07, 6.45) is -2.36. The van der Waals surface area contributed by atoms with E-state index in [1.54, 1.807) is 26.3 Å². The fourth-order valence-electron chi connectivity index (χ4n) is 1.63. The molecule has 6 heteroatoms. The van der Waals surface area contributed by atoms with Crippen molar-refractivity contribution in [2.45, 2.75) is 13.0 Å². The van der Waals surface area contributed by atoms with E-state index in [1.165, 1.54) is 4.90 Å². The lowest BCUT2D eigenvalue weighted by molar-refractivity contribution is 0.156. The van der Waals surface area contributed by atoms with E-state index in [0.717, 1.165) is 12.1 Å². The lowest BCUT2D eigenvalue weighted by atomic mass is 10.2. The van der Waals surface area contributed by atoms with Crippen molar-refractivity contribution in [3.63, 3.8) is 0 Å². The van der Waals surface area contributed by atoms with E-state index in [-0.39, 0.29) is 6.54 Å². The summed E-state index contributed by atoms with van der Waals surface area (Å²) in [7, 11) is 3.26. The Morgan fingerprint density at radius 2 is 2.16 bits per heavy atom. The molecule has 0 amide bonds. The Bertz CT molecular complexity index is 391. The van der Waals surface area contributed by atoms with E-state index < -0.39 is 6.43 Å². The van der Waals surface area contributed by atoms with E-state index in [4.69, 9.17) is 16.3 Å². The third-order valence-electron chi connectivity index (χ3n) is 2.69. The molecule has 0 aliphatic rings. The van der Waals surface area contributed by atoms with E-state index >= 15 is 0 Å². The van der Waals surface area contributed by atoms with E-state index in [2.05, 4.69) is 5.32 Å². The van der Waals surface area contributed by atoms with Crippen LogP contribution in [0.5, 0.6) is 0 Å². The molecule has 0 radical (unpaired) electrons. The molecule has 1 aromatic carbocycles. The van der Waals surface area contributed by atoms with E-state index in [9.17, 15) is 8.78 Å². The Morgan fingerprint density at radius 1 is 1.42 bits per heavy atom. The minimum absolute atomic E-state index is 0.304. The van der Waals surface area contributed by atoms with Gasteiger partial charge in [0, 0.05) is 38.0 Å². The zero-order chi connectivity index (χ0) is 14.3. The fraction of sp³-hybridized carbons (Fsp3) is 0.538. The predicted molar refractivity (Wildman–Crippen MR) is 74.3 cm³/mol. The monoisotopic (exact) mass is 292 g/mol. The van der Waals surface area contributed by atoms with Crippen molar-refractivity contribution >= 4 is 17.3 Å². The molecule has 0 aliphatic heterocycles. The second kappa shape index (κ2) is 8.30. The smallest absolute Gasteiger partial charge is 0.255 e. The molecule has 0 aliphatic carbocycles. The molecule has 3 nitrogen and oxygen atoms in total. The highest BCUT2D eigenvalue weighted by molar-refractivity contribution is 6.31. The first-order valence-corrected chi connectivity index (χ1v) is 6.39. The van der Waals surface area contributed by atoms with Gasteiger partial charge in [-0.3, -0.25) is 0 Å². The van der Waals surface area contributed by atoms with Gasteiger partial charge in [0.2, 0.25) is 0 Å². The molecule has 19 heavy (non-hydrogen) atoms. The maximum atomic E-state index is 12.3. The van der Waals surface area contributed by atoms with Crippen molar-refractivity contribution < 1.29 is 13.5 Å². The number of halogens is 3. The number of methoxy groups -OCH3 is 1. The molecule has 1 aromatic rings. The van der Waals surface area contributed by atoms with Gasteiger partial charge in [-0.2, -0.15) is 0 Å². The molecule has 0 heterocycles. The minimum atomic E-state index is -2.36. The Morgan fingerprint density at radius 3 is 2.74 bits per heavy atom. The summed E-state index contributed by atoms with van der Waals surface area (Å²) in [5.74, 6) is 0. The SMILES string of the molecule is COCCNCc1ccc(N(C)CC(F)F)cc1Cl. The summed E-state index contributed by atoms with van der Waals surface area (Å²) in [5.41, 5.74) is 1.62. The maximum absolute atomic E-state index is 12.3. The van der Waals surface area contributed by atoms with Crippen LogP contribution < -0.4 is 10.2 Å². The van der Waals surface area contributed by atoms with Crippen LogP contribution in [0, 0.1) is 0 Å². The van der Waals surface area contributed by atoms with E-state index in [0.29, 0.717) is 23.9 Å². The van der Waals surface area contributed by atoms with Crippen LogP contribution in [0.25, 0.3) is 0 Å². The fourth-order valence-corrected chi connectivity index (χ4v) is 1.87. The molecule has 0 saturated heterocycles. The van der Waals surface area contributed by atoms with Crippen molar-refractivity contribution in [3.8, 4) is 0 Å². The first kappa shape index (κ1) is 16.1. The number of rotatable bonds is 8. The summed E-state index contributed by atoms with van der Waals surface area (Å²) in [6.45, 7) is 1.69. The number of benzene rings is 1. The number of nitrogens with zero attached hydrogens (tertiary/aromatic N) is 1. The zero-order valence-corrected chi connectivity index (χ0v) is 11.9. The number of hydrogen-bond acceptors (Lipinski definition) is 3. The summed E-state index contributed by atoms with van der Waals surface area (Å²) in [6, 6.07) is 5.35. The first-order valence-electron chi connectivity index (χ1n) is 6.02. The average Bonchev–Trinajstić information content (AvgIpc) is 2.35. The molecular weight excluding hydrogens is 274 g/mol. The quantitative estimate of drug-likeness (QED) is 0.746. The molecule has 0 unspecified atom stereocenters. The molecule has 1 N–H and O–H groups in total. The van der Waals surface area contributed by atoms with Gasteiger partial charge in [0.15, 0.2) is 0 Å². The number of anilines is 1. The van der Waals surface area contributed by atoms with E-state index in [1.807, 2.05) is 6.07 Å². The molecule has 0 fully saturated rings. The summed E-state index contributed by atoms with van der Waals surface area (Å²) in [4.78, 5) is 1.48. The van der Waals surface area contributed by atoms with Gasteiger partial charge in [-0.15, -0.1) is 0 Å². The van der Waals surface area contributed by atoms with Gasteiger partial charge in [0.25, 0.3) is 6.43 Å². The Kier molecular flexibility index (Phi) is 7.05. The third-order valence-corrected chi connectivity index (χ3v) is 3.04. The molecule has 0 bridgehead atoms. The minimum Gasteiger partial charge on any atom is -0.383 e. The molecule has 108 valence electrons. The van der Waals surface area contributed by atoms with Crippen molar-refractivity contribution in [1.82, 2.24) is 5.32 Å². The standard InChI is InChI=1S/C13H19ClF2N2O/c1-18(9-13(15)16)11-4-3-10(12(14)7-11)8-17-5-6-19-2/h3-4,7,13,17H,5-6,8-9H2,1-2H3. The summed E-state index contributed by atoms with van der Waals surface area (Å²) >= 11 is 6.14. The largest absolute Gasteiger partial charge is 0.383 e. The Labute approximate surface area is 117 Å². The molecule has 0 saturated carbocycles. The van der Waals surface area contributed by atoms with Crippen molar-refractivity contribution in [2.75, 3.05) is 38.8 Å². The van der Waals surface area contributed by atoms with Gasteiger partial charge in [-0.1, -0.05) is 17.7 Å². The van der Waals surface area contributed by atoms with Crippen LogP contribution in [0.3, 0.4) is 0 Å². The number of ether oxygens (including phenoxy) is 1. The predicted octanol–water partition coefficient (Wildman–Crippen LogP) is 2.78. The van der Waals surface area contributed by atoms with Gasteiger partial charge in [-0.25, -0.2) is 8.78 Å². The Balaban J connectivity index is 2.58. The maximum Gasteiger partial charge on any atom is 0.255 e. The van der Waals surface area contributed by atoms with Crippen LogP contribution in [0.2, 0.25) is 5.02 Å². The highest BCUT2D eigenvalue weighted by atomic mass is 35.5. The van der Waals surface area contributed by atoms with Gasteiger partial charge >= 0.3 is 0 Å². The number of hydrogen-bond donors (Lipinski definition) is 1. The molecular formula is C13H19ClF2N2O. The normalized spacial score (nSPS) is 11.1. The van der Waals surface area contributed by atoms with Crippen molar-refractivity contribution in [2.24, 2.45) is 0 Å². The third kappa shape index (κ3) is 5.72. The van der Waals surface area contributed by atoms with Crippen LogP contribution in [0.4, 0.5) is 14.5 Å². The van der Waals surface area contributed by atoms with Gasteiger partial charge < -0.3 is 15.0 Å². The highest BCUT2D eigenvalue weighted by Gasteiger charge is 2.10. The lowest BCUT2D eigenvalue weighted by Crippen LogP contribution is -2.24. The average molecular weight is 293 g/mol. The van der Waals surface area contributed by atoms with Crippen LogP contribution in [0.15, 0.2) is 18.2 Å². The molecule has 0 spiro atoms. The molecule has 0 atom stereocenters. The number of alkyl halides is 2. The molecule has 1 rings (SSSR count). The van der Waals surface area contributed by atoms with Gasteiger partial charge in [0.1, 0.15) is 0 Å². The second-order valence-corrected chi connectivity index (χ2v) is 4.62. The van der Waals surface area contributed by atoms with Crippen molar-refractivity contribution in [3.05, 3.63) is 28.8 Å².